The fourth-order valence-electron chi connectivity index (χ4n) is 4.76. The van der Waals surface area contributed by atoms with Gasteiger partial charge in [0.25, 0.3) is 11.8 Å². The van der Waals surface area contributed by atoms with Gasteiger partial charge in [-0.2, -0.15) is 13.8 Å². The summed E-state index contributed by atoms with van der Waals surface area (Å²) in [6.07, 6.45) is 2.06. The minimum Gasteiger partial charge on any atom is -0.502 e. The van der Waals surface area contributed by atoms with Gasteiger partial charge in [0.05, 0.1) is 18.8 Å². The number of amides is 2. The van der Waals surface area contributed by atoms with Crippen molar-refractivity contribution >= 4 is 11.8 Å². The summed E-state index contributed by atoms with van der Waals surface area (Å²) in [5.74, 6) is -4.34. The van der Waals surface area contributed by atoms with Gasteiger partial charge in [-0.25, -0.2) is 0 Å². The van der Waals surface area contributed by atoms with E-state index >= 15 is 0 Å². The number of aromatic nitrogens is 2. The molecule has 12 heteroatoms. The van der Waals surface area contributed by atoms with E-state index in [1.54, 1.807) is 11.8 Å². The molecule has 10 nitrogen and oxygen atoms in total. The minimum absolute atomic E-state index is 0.0705. The van der Waals surface area contributed by atoms with Crippen LogP contribution in [0, 0.1) is 11.9 Å². The van der Waals surface area contributed by atoms with Crippen LogP contribution in [-0.4, -0.2) is 62.9 Å². The molecular formula is C21H21F2N5O5. The second-order valence-electron chi connectivity index (χ2n) is 8.18. The third-order valence-corrected chi connectivity index (χ3v) is 6.31. The highest BCUT2D eigenvalue weighted by atomic mass is 19.1. The van der Waals surface area contributed by atoms with Crippen molar-refractivity contribution in [2.45, 2.75) is 44.7 Å². The second-order valence-corrected chi connectivity index (χ2v) is 8.18. The van der Waals surface area contributed by atoms with Crippen molar-refractivity contribution in [2.24, 2.45) is 0 Å². The second kappa shape index (κ2) is 7.80. The Balaban J connectivity index is 1.51. The summed E-state index contributed by atoms with van der Waals surface area (Å²) in [7, 11) is 0. The largest absolute Gasteiger partial charge is 0.502 e. The average Bonchev–Trinajstić information content (AvgIpc) is 3.17. The highest BCUT2D eigenvalue weighted by molar-refractivity contribution is 5.99. The number of morpholine rings is 1. The lowest BCUT2D eigenvalue weighted by Crippen LogP contribution is -2.68. The van der Waals surface area contributed by atoms with Gasteiger partial charge < -0.3 is 20.1 Å². The number of carbonyl (C=O) groups is 2. The number of nitrogens with one attached hydrogen (secondary N) is 1. The Morgan fingerprint density at radius 2 is 2.09 bits per heavy atom. The molecule has 0 radical (unpaired) electrons. The van der Waals surface area contributed by atoms with Gasteiger partial charge in [0.2, 0.25) is 17.3 Å². The third-order valence-electron chi connectivity index (χ3n) is 6.31. The van der Waals surface area contributed by atoms with Gasteiger partial charge >= 0.3 is 0 Å². The van der Waals surface area contributed by atoms with Gasteiger partial charge in [0.1, 0.15) is 11.7 Å². The fraction of sp³-hybridized carbons (Fsp3) is 0.429. The maximum atomic E-state index is 13.8. The zero-order valence-corrected chi connectivity index (χ0v) is 17.6. The Hall–Kier alpha value is -3.54. The van der Waals surface area contributed by atoms with Gasteiger partial charge in [0.15, 0.2) is 11.4 Å². The van der Waals surface area contributed by atoms with Crippen LogP contribution in [0.1, 0.15) is 46.2 Å². The number of likely N-dealkylation sites (N-methyl/N-ethyl adjacent to an activating group) is 1. The molecule has 0 aliphatic carbocycles. The lowest BCUT2D eigenvalue weighted by molar-refractivity contribution is -0.0524. The molecule has 33 heavy (non-hydrogen) atoms. The normalized spacial score (nSPS) is 23.4. The smallest absolute Gasteiger partial charge is 0.278 e. The standard InChI is InChI=1S/C21H21F2N5O5/c1-2-26-20-13-5-4-11(33-13)8-28(20)27-9-12(16(29)17(30)15(27)21(26)32)19(31)24-7-10-3-6-14(22)25-18(10)23/h3,6,9,11,13,20,30H,2,4-5,7-8H2,1H3,(H,24,31)/t11-,13+,20-/m0/s1. The Morgan fingerprint density at radius 1 is 1.30 bits per heavy atom. The molecule has 0 spiro atoms. The molecule has 2 N–H and O–H groups in total. The number of hydrogen-bond acceptors (Lipinski definition) is 7. The van der Waals surface area contributed by atoms with E-state index in [0.717, 1.165) is 25.0 Å². The van der Waals surface area contributed by atoms with Gasteiger partial charge in [-0.3, -0.25) is 24.1 Å². The molecule has 2 aromatic heterocycles. The summed E-state index contributed by atoms with van der Waals surface area (Å²) >= 11 is 0. The molecule has 2 fully saturated rings. The number of hydrogen-bond donors (Lipinski definition) is 2. The number of carbonyl (C=O) groups excluding carboxylic acids is 2. The van der Waals surface area contributed by atoms with Gasteiger partial charge in [-0.15, -0.1) is 0 Å². The lowest BCUT2D eigenvalue weighted by Gasteiger charge is -2.51. The van der Waals surface area contributed by atoms with Crippen molar-refractivity contribution in [3.05, 3.63) is 57.3 Å². The van der Waals surface area contributed by atoms with Gasteiger partial charge in [-0.1, -0.05) is 0 Å². The zero-order valence-electron chi connectivity index (χ0n) is 17.6. The lowest BCUT2D eigenvalue weighted by atomic mass is 10.1. The number of ether oxygens (including phenoxy) is 1. The van der Waals surface area contributed by atoms with E-state index in [4.69, 9.17) is 4.74 Å². The molecule has 0 unspecified atom stereocenters. The fourth-order valence-corrected chi connectivity index (χ4v) is 4.76. The first-order valence-electron chi connectivity index (χ1n) is 10.6. The monoisotopic (exact) mass is 461 g/mol. The first-order chi connectivity index (χ1) is 15.8. The highest BCUT2D eigenvalue weighted by Crippen LogP contribution is 2.36. The molecule has 0 saturated carbocycles. The van der Waals surface area contributed by atoms with E-state index in [9.17, 15) is 28.3 Å². The molecule has 0 aromatic carbocycles. The first-order valence-corrected chi connectivity index (χ1v) is 10.6. The number of nitrogens with zero attached hydrogens (tertiary/aromatic N) is 4. The highest BCUT2D eigenvalue weighted by Gasteiger charge is 2.50. The van der Waals surface area contributed by atoms with Crippen molar-refractivity contribution in [1.29, 1.82) is 0 Å². The Labute approximate surface area is 186 Å². The summed E-state index contributed by atoms with van der Waals surface area (Å²) in [5.41, 5.74) is -1.73. The number of aromatic hydroxyl groups is 1. The average molecular weight is 461 g/mol. The molecule has 2 amide bonds. The first kappa shape index (κ1) is 21.3. The van der Waals surface area contributed by atoms with Crippen LogP contribution in [-0.2, 0) is 11.3 Å². The van der Waals surface area contributed by atoms with Crippen molar-refractivity contribution in [3.63, 3.8) is 0 Å². The maximum absolute atomic E-state index is 13.8. The van der Waals surface area contributed by atoms with Crippen LogP contribution in [0.15, 0.2) is 23.1 Å². The van der Waals surface area contributed by atoms with E-state index in [2.05, 4.69) is 10.3 Å². The summed E-state index contributed by atoms with van der Waals surface area (Å²) in [6.45, 7) is 2.20. The van der Waals surface area contributed by atoms with E-state index in [-0.39, 0.29) is 30.0 Å². The van der Waals surface area contributed by atoms with Gasteiger partial charge in [0, 0.05) is 24.8 Å². The molecule has 174 valence electrons. The Morgan fingerprint density at radius 3 is 2.82 bits per heavy atom. The molecular weight excluding hydrogens is 440 g/mol. The van der Waals surface area contributed by atoms with E-state index in [1.807, 2.05) is 5.01 Å². The molecule has 2 saturated heterocycles. The number of fused-ring (bicyclic) bond motifs is 6. The summed E-state index contributed by atoms with van der Waals surface area (Å²) in [5, 5.41) is 14.8. The Kier molecular flexibility index (Phi) is 5.04. The van der Waals surface area contributed by atoms with Crippen LogP contribution in [0.4, 0.5) is 8.78 Å². The molecule has 2 aromatic rings. The number of pyridine rings is 2. The molecule has 3 aliphatic rings. The number of rotatable bonds is 4. The predicted molar refractivity (Wildman–Crippen MR) is 109 cm³/mol. The predicted octanol–water partition coefficient (Wildman–Crippen LogP) is 0.458. The summed E-state index contributed by atoms with van der Waals surface area (Å²) in [4.78, 5) is 43.3. The number of halogens is 2. The summed E-state index contributed by atoms with van der Waals surface area (Å²) < 4.78 is 34.1. The van der Waals surface area contributed by atoms with Crippen LogP contribution in [0.25, 0.3) is 0 Å². The molecule has 3 atom stereocenters. The van der Waals surface area contributed by atoms with Crippen LogP contribution in [0.3, 0.4) is 0 Å². The van der Waals surface area contributed by atoms with E-state index in [1.165, 1.54) is 10.9 Å². The SMILES string of the molecule is CCN1C(=O)c2c(O)c(=O)c(C(=O)NCc3ccc(F)nc3F)cn2N2C[C@@H]3CC[C@@H](O3)[C@@H]12. The van der Waals surface area contributed by atoms with Crippen molar-refractivity contribution < 1.29 is 28.2 Å². The van der Waals surface area contributed by atoms with Crippen LogP contribution in [0.5, 0.6) is 5.75 Å². The molecule has 5 rings (SSSR count). The maximum Gasteiger partial charge on any atom is 0.278 e. The van der Waals surface area contributed by atoms with Crippen molar-refractivity contribution in [2.75, 3.05) is 18.1 Å². The zero-order chi connectivity index (χ0) is 23.4. The molecule has 3 aliphatic heterocycles. The quantitative estimate of drug-likeness (QED) is 0.636. The van der Waals surface area contributed by atoms with Crippen LogP contribution < -0.4 is 15.8 Å². The topological polar surface area (TPSA) is 117 Å². The molecule has 2 bridgehead atoms. The van der Waals surface area contributed by atoms with Crippen molar-refractivity contribution in [3.8, 4) is 5.75 Å². The molecule has 5 heterocycles. The van der Waals surface area contributed by atoms with E-state index < -0.39 is 46.6 Å². The Bertz CT molecular complexity index is 1220. The van der Waals surface area contributed by atoms with E-state index in [0.29, 0.717) is 13.1 Å². The van der Waals surface area contributed by atoms with Gasteiger partial charge in [-0.05, 0) is 31.9 Å². The van der Waals surface area contributed by atoms with Crippen LogP contribution in [0.2, 0.25) is 0 Å². The summed E-state index contributed by atoms with van der Waals surface area (Å²) in [6, 6.07) is 2.07. The van der Waals surface area contributed by atoms with Crippen LogP contribution >= 0.6 is 0 Å². The van der Waals surface area contributed by atoms with Crippen molar-refractivity contribution in [1.82, 2.24) is 19.9 Å². The third kappa shape index (κ3) is 3.32. The minimum atomic E-state index is -1.09.